The maximum atomic E-state index is 12.0. The average Bonchev–Trinajstić information content (AvgIpc) is 2.26. The molecule has 1 rings (SSSR count). The SMILES string of the molecule is CC(C)(C)OC(=O)C(N)(C(=O)O)c1cccnc1. The number of carboxylic acid groups (broad SMARTS) is 1. The number of nitrogens with two attached hydrogens (primary N) is 1. The van der Waals surface area contributed by atoms with Crippen LogP contribution in [0.5, 0.6) is 0 Å². The molecule has 3 N–H and O–H groups in total. The molecule has 1 unspecified atom stereocenters. The molecule has 6 nitrogen and oxygen atoms in total. The Hall–Kier alpha value is -1.95. The maximum absolute atomic E-state index is 12.0. The number of ether oxygens (including phenoxy) is 1. The quantitative estimate of drug-likeness (QED) is 0.605. The minimum Gasteiger partial charge on any atom is -0.479 e. The predicted octanol–water partition coefficient (Wildman–Crippen LogP) is 0.662. The van der Waals surface area contributed by atoms with Gasteiger partial charge in [0.05, 0.1) is 0 Å². The molecule has 0 radical (unpaired) electrons. The van der Waals surface area contributed by atoms with Crippen molar-refractivity contribution < 1.29 is 19.4 Å². The number of nitrogens with zero attached hydrogens (tertiary/aromatic N) is 1. The lowest BCUT2D eigenvalue weighted by Gasteiger charge is -2.28. The number of rotatable bonds is 3. The molecule has 0 aliphatic carbocycles. The molecule has 1 heterocycles. The van der Waals surface area contributed by atoms with Crippen LogP contribution in [0.2, 0.25) is 0 Å². The molecule has 6 heteroatoms. The Labute approximate surface area is 105 Å². The van der Waals surface area contributed by atoms with Gasteiger partial charge in [-0.1, -0.05) is 6.07 Å². The van der Waals surface area contributed by atoms with Crippen LogP contribution < -0.4 is 5.73 Å². The van der Waals surface area contributed by atoms with Crippen molar-refractivity contribution in [2.45, 2.75) is 31.9 Å². The van der Waals surface area contributed by atoms with Crippen LogP contribution in [0, 0.1) is 0 Å². The lowest BCUT2D eigenvalue weighted by atomic mass is 9.92. The van der Waals surface area contributed by atoms with E-state index < -0.39 is 23.1 Å². The fourth-order valence-electron chi connectivity index (χ4n) is 1.28. The first-order chi connectivity index (χ1) is 8.18. The van der Waals surface area contributed by atoms with E-state index in [1.807, 2.05) is 0 Å². The summed E-state index contributed by atoms with van der Waals surface area (Å²) in [5.41, 5.74) is 2.71. The summed E-state index contributed by atoms with van der Waals surface area (Å²) >= 11 is 0. The van der Waals surface area contributed by atoms with Crippen LogP contribution in [0.3, 0.4) is 0 Å². The summed E-state index contributed by atoms with van der Waals surface area (Å²) in [4.78, 5) is 27.0. The smallest absolute Gasteiger partial charge is 0.343 e. The maximum Gasteiger partial charge on any atom is 0.343 e. The minimum atomic E-state index is -2.25. The Balaban J connectivity index is 3.17. The highest BCUT2D eigenvalue weighted by atomic mass is 16.6. The van der Waals surface area contributed by atoms with Crippen molar-refractivity contribution in [3.05, 3.63) is 30.1 Å². The summed E-state index contributed by atoms with van der Waals surface area (Å²) in [7, 11) is 0. The molecular formula is C12H16N2O4. The largest absolute Gasteiger partial charge is 0.479 e. The first-order valence-corrected chi connectivity index (χ1v) is 5.34. The summed E-state index contributed by atoms with van der Waals surface area (Å²) in [5, 5.41) is 9.20. The summed E-state index contributed by atoms with van der Waals surface area (Å²) < 4.78 is 5.05. The van der Waals surface area contributed by atoms with E-state index in [1.165, 1.54) is 24.5 Å². The second-order valence-electron chi connectivity index (χ2n) is 4.86. The number of aromatic nitrogens is 1. The van der Waals surface area contributed by atoms with Gasteiger partial charge in [0, 0.05) is 18.0 Å². The van der Waals surface area contributed by atoms with Crippen molar-refractivity contribution in [1.82, 2.24) is 4.98 Å². The Bertz CT molecular complexity index is 453. The van der Waals surface area contributed by atoms with E-state index in [2.05, 4.69) is 4.98 Å². The van der Waals surface area contributed by atoms with Gasteiger partial charge in [-0.25, -0.2) is 9.59 Å². The van der Waals surface area contributed by atoms with Crippen molar-refractivity contribution in [3.8, 4) is 0 Å². The molecule has 0 aromatic carbocycles. The topological polar surface area (TPSA) is 103 Å². The normalized spacial score (nSPS) is 14.7. The van der Waals surface area contributed by atoms with Gasteiger partial charge >= 0.3 is 11.9 Å². The van der Waals surface area contributed by atoms with E-state index >= 15 is 0 Å². The van der Waals surface area contributed by atoms with Gasteiger partial charge in [-0.2, -0.15) is 0 Å². The van der Waals surface area contributed by atoms with Crippen LogP contribution in [-0.2, 0) is 19.9 Å². The van der Waals surface area contributed by atoms with Crippen molar-refractivity contribution in [1.29, 1.82) is 0 Å². The molecule has 0 amide bonds. The fraction of sp³-hybridized carbons (Fsp3) is 0.417. The van der Waals surface area contributed by atoms with Crippen molar-refractivity contribution in [2.75, 3.05) is 0 Å². The molecule has 1 aromatic heterocycles. The number of aliphatic carboxylic acids is 1. The number of esters is 1. The van der Waals surface area contributed by atoms with Crippen LogP contribution >= 0.6 is 0 Å². The molecule has 1 aromatic rings. The summed E-state index contributed by atoms with van der Waals surface area (Å²) in [6, 6.07) is 2.93. The first-order valence-electron chi connectivity index (χ1n) is 5.34. The lowest BCUT2D eigenvalue weighted by molar-refractivity contribution is -0.169. The molecule has 0 bridgehead atoms. The van der Waals surface area contributed by atoms with Gasteiger partial charge in [-0.15, -0.1) is 0 Å². The van der Waals surface area contributed by atoms with E-state index in [-0.39, 0.29) is 5.56 Å². The Morgan fingerprint density at radius 2 is 2.00 bits per heavy atom. The van der Waals surface area contributed by atoms with Gasteiger partial charge < -0.3 is 15.6 Å². The van der Waals surface area contributed by atoms with Crippen molar-refractivity contribution in [2.24, 2.45) is 5.73 Å². The summed E-state index contributed by atoms with van der Waals surface area (Å²) in [5.74, 6) is -2.50. The molecule has 0 fully saturated rings. The number of carbonyl (C=O) groups is 2. The standard InChI is InChI=1S/C12H16N2O4/c1-11(2,3)18-10(17)12(13,9(15)16)8-5-4-6-14-7-8/h4-7H,13H2,1-3H3,(H,15,16). The van der Waals surface area contributed by atoms with Crippen LogP contribution in [0.25, 0.3) is 0 Å². The van der Waals surface area contributed by atoms with Crippen molar-refractivity contribution >= 4 is 11.9 Å². The molecule has 1 atom stereocenters. The van der Waals surface area contributed by atoms with Gasteiger partial charge in [-0.3, -0.25) is 4.98 Å². The van der Waals surface area contributed by atoms with Crippen LogP contribution in [0.15, 0.2) is 24.5 Å². The predicted molar refractivity (Wildman–Crippen MR) is 63.6 cm³/mol. The highest BCUT2D eigenvalue weighted by molar-refractivity contribution is 6.04. The van der Waals surface area contributed by atoms with E-state index in [0.717, 1.165) is 0 Å². The van der Waals surface area contributed by atoms with Crippen molar-refractivity contribution in [3.63, 3.8) is 0 Å². The van der Waals surface area contributed by atoms with Gasteiger partial charge in [0.1, 0.15) is 5.60 Å². The number of hydrogen-bond acceptors (Lipinski definition) is 5. The third-order valence-electron chi connectivity index (χ3n) is 2.18. The number of carboxylic acids is 1. The van der Waals surface area contributed by atoms with Crippen LogP contribution in [-0.4, -0.2) is 27.6 Å². The van der Waals surface area contributed by atoms with E-state index in [4.69, 9.17) is 10.5 Å². The third kappa shape index (κ3) is 2.84. The second-order valence-corrected chi connectivity index (χ2v) is 4.86. The van der Waals surface area contributed by atoms with Crippen LogP contribution in [0.4, 0.5) is 0 Å². The zero-order valence-corrected chi connectivity index (χ0v) is 10.5. The number of pyridine rings is 1. The Kier molecular flexibility index (Phi) is 3.71. The van der Waals surface area contributed by atoms with Gasteiger partial charge in [0.2, 0.25) is 5.54 Å². The molecule has 0 aliphatic heterocycles. The molecule has 0 aliphatic rings. The Morgan fingerprint density at radius 1 is 1.39 bits per heavy atom. The van der Waals surface area contributed by atoms with E-state index in [0.29, 0.717) is 0 Å². The highest BCUT2D eigenvalue weighted by Crippen LogP contribution is 2.22. The monoisotopic (exact) mass is 252 g/mol. The molecule has 98 valence electrons. The first kappa shape index (κ1) is 14.1. The fourth-order valence-corrected chi connectivity index (χ4v) is 1.28. The minimum absolute atomic E-state index is 0.0757. The zero-order valence-electron chi connectivity index (χ0n) is 10.5. The molecular weight excluding hydrogens is 236 g/mol. The summed E-state index contributed by atoms with van der Waals surface area (Å²) in [6.07, 6.45) is 2.69. The van der Waals surface area contributed by atoms with Gasteiger partial charge in [0.25, 0.3) is 0 Å². The van der Waals surface area contributed by atoms with E-state index in [1.54, 1.807) is 20.8 Å². The summed E-state index contributed by atoms with van der Waals surface area (Å²) in [6.45, 7) is 4.91. The number of carbonyl (C=O) groups excluding carboxylic acids is 1. The lowest BCUT2D eigenvalue weighted by Crippen LogP contribution is -2.54. The van der Waals surface area contributed by atoms with Crippen LogP contribution in [0.1, 0.15) is 26.3 Å². The van der Waals surface area contributed by atoms with Gasteiger partial charge in [0.15, 0.2) is 0 Å². The average molecular weight is 252 g/mol. The van der Waals surface area contributed by atoms with Gasteiger partial charge in [-0.05, 0) is 26.8 Å². The zero-order chi connectivity index (χ0) is 14.0. The Morgan fingerprint density at radius 3 is 2.39 bits per heavy atom. The number of hydrogen-bond donors (Lipinski definition) is 2. The molecule has 0 saturated carbocycles. The molecule has 0 saturated heterocycles. The van der Waals surface area contributed by atoms with E-state index in [9.17, 15) is 14.7 Å². The third-order valence-corrected chi connectivity index (χ3v) is 2.18. The molecule has 18 heavy (non-hydrogen) atoms. The second kappa shape index (κ2) is 4.73. The molecule has 0 spiro atoms. The highest BCUT2D eigenvalue weighted by Gasteiger charge is 2.47.